The van der Waals surface area contributed by atoms with Crippen LogP contribution < -0.4 is 10.2 Å². The largest absolute Gasteiger partial charge is 0.331 e. The van der Waals surface area contributed by atoms with Crippen molar-refractivity contribution in [3.05, 3.63) is 30.1 Å². The highest BCUT2D eigenvalue weighted by Gasteiger charge is 2.25. The molecule has 0 aliphatic heterocycles. The van der Waals surface area contributed by atoms with Crippen LogP contribution in [0.15, 0.2) is 34.3 Å². The third-order valence-electron chi connectivity index (χ3n) is 4.61. The molecule has 1 aromatic heterocycles. The molecule has 0 bridgehead atoms. The third-order valence-corrected chi connectivity index (χ3v) is 6.37. The number of para-hydroxylation sites is 1. The van der Waals surface area contributed by atoms with Crippen LogP contribution in [0.25, 0.3) is 0 Å². The average Bonchev–Trinajstić information content (AvgIpc) is 3.08. The highest BCUT2D eigenvalue weighted by atomic mass is 32.2. The summed E-state index contributed by atoms with van der Waals surface area (Å²) in [6, 6.07) is 8.16. The highest BCUT2D eigenvalue weighted by molar-refractivity contribution is 7.99. The van der Waals surface area contributed by atoms with E-state index in [1.165, 1.54) is 16.7 Å². The van der Waals surface area contributed by atoms with Crippen LogP contribution in [0.5, 0.6) is 0 Å². The number of unbranched alkanes of at least 4 members (excludes halogenated alkanes) is 1. The van der Waals surface area contributed by atoms with Gasteiger partial charge in [-0.1, -0.05) is 44.2 Å². The van der Waals surface area contributed by atoms with Gasteiger partial charge in [-0.25, -0.2) is 0 Å². The number of amides is 1. The van der Waals surface area contributed by atoms with Gasteiger partial charge in [0, 0.05) is 17.9 Å². The fraction of sp³-hybridized carbons (Fsp3) is 0.550. The molecule has 0 aliphatic rings. The fourth-order valence-electron chi connectivity index (χ4n) is 3.10. The molecule has 28 heavy (non-hydrogen) atoms. The summed E-state index contributed by atoms with van der Waals surface area (Å²) in [4.78, 5) is 14.9. The number of aromatic nitrogens is 3. The summed E-state index contributed by atoms with van der Waals surface area (Å²) in [7, 11) is 4.30. The predicted molar refractivity (Wildman–Crippen MR) is 118 cm³/mol. The number of thioether (sulfide) groups is 2. The van der Waals surface area contributed by atoms with Crippen LogP contribution in [0.1, 0.15) is 45.0 Å². The number of hydrogen-bond donors (Lipinski definition) is 2. The molecule has 1 heterocycles. The van der Waals surface area contributed by atoms with Crippen molar-refractivity contribution in [3.63, 3.8) is 0 Å². The minimum Gasteiger partial charge on any atom is -0.331 e. The monoisotopic (exact) mass is 422 g/mol. The summed E-state index contributed by atoms with van der Waals surface area (Å²) < 4.78 is 2.21. The zero-order chi connectivity index (χ0) is 20.5. The molecule has 8 heteroatoms. The molecule has 154 valence electrons. The van der Waals surface area contributed by atoms with Crippen molar-refractivity contribution in [2.45, 2.75) is 55.7 Å². The Kier molecular flexibility index (Phi) is 9.34. The summed E-state index contributed by atoms with van der Waals surface area (Å²) in [6.45, 7) is 5.25. The van der Waals surface area contributed by atoms with Crippen LogP contribution in [0.3, 0.4) is 0 Å². The first kappa shape index (κ1) is 22.8. The van der Waals surface area contributed by atoms with Gasteiger partial charge in [-0.2, -0.15) is 0 Å². The van der Waals surface area contributed by atoms with Gasteiger partial charge in [0.1, 0.15) is 6.04 Å². The molecule has 1 atom stereocenters. The number of nitrogens with zero attached hydrogens (tertiary/aromatic N) is 3. The Labute approximate surface area is 176 Å². The maximum Gasteiger partial charge on any atom is 0.234 e. The normalized spacial score (nSPS) is 12.4. The maximum atomic E-state index is 12.5. The van der Waals surface area contributed by atoms with E-state index in [2.05, 4.69) is 48.0 Å². The summed E-state index contributed by atoms with van der Waals surface area (Å²) in [5.41, 5.74) is 0.857. The molecule has 2 rings (SSSR count). The van der Waals surface area contributed by atoms with Crippen molar-refractivity contribution in [2.24, 2.45) is 0 Å². The van der Waals surface area contributed by atoms with Crippen molar-refractivity contribution in [2.75, 3.05) is 31.4 Å². The third kappa shape index (κ3) is 5.99. The van der Waals surface area contributed by atoms with Crippen LogP contribution in [-0.4, -0.2) is 46.8 Å². The highest BCUT2D eigenvalue weighted by Crippen LogP contribution is 2.26. The number of nitrogens with one attached hydrogen (secondary N) is 2. The topological polar surface area (TPSA) is 64.2 Å². The van der Waals surface area contributed by atoms with E-state index in [1.54, 1.807) is 11.8 Å². The number of anilines is 1. The lowest BCUT2D eigenvalue weighted by Gasteiger charge is -2.20. The molecular weight excluding hydrogens is 390 g/mol. The van der Waals surface area contributed by atoms with E-state index in [-0.39, 0.29) is 5.91 Å². The quantitative estimate of drug-likeness (QED) is 0.545. The van der Waals surface area contributed by atoms with Crippen LogP contribution >= 0.6 is 23.5 Å². The van der Waals surface area contributed by atoms with Crippen molar-refractivity contribution >= 4 is 35.1 Å². The molecular formula is C20H32N5OS2+. The van der Waals surface area contributed by atoms with E-state index < -0.39 is 0 Å². The fourth-order valence-corrected chi connectivity index (χ4v) is 4.43. The summed E-state index contributed by atoms with van der Waals surface area (Å²) in [5, 5.41) is 12.7. The van der Waals surface area contributed by atoms with Gasteiger partial charge in [-0.3, -0.25) is 4.79 Å². The van der Waals surface area contributed by atoms with Gasteiger partial charge in [0.05, 0.1) is 25.5 Å². The molecule has 0 saturated heterocycles. The van der Waals surface area contributed by atoms with Gasteiger partial charge in [0.25, 0.3) is 0 Å². The van der Waals surface area contributed by atoms with Crippen molar-refractivity contribution in [1.29, 1.82) is 0 Å². The first-order valence-electron chi connectivity index (χ1n) is 9.80. The van der Waals surface area contributed by atoms with E-state index in [0.29, 0.717) is 11.8 Å². The Hall–Kier alpha value is -1.51. The van der Waals surface area contributed by atoms with Gasteiger partial charge in [0.15, 0.2) is 11.0 Å². The molecule has 1 amide bonds. The van der Waals surface area contributed by atoms with E-state index >= 15 is 0 Å². The zero-order valence-corrected chi connectivity index (χ0v) is 19.1. The van der Waals surface area contributed by atoms with Crippen LogP contribution in [-0.2, 0) is 11.3 Å². The number of quaternary nitrogens is 1. The minimum absolute atomic E-state index is 0.0247. The molecule has 0 fully saturated rings. The Balaban J connectivity index is 2.10. The molecule has 0 unspecified atom stereocenters. The van der Waals surface area contributed by atoms with Gasteiger partial charge in [-0.15, -0.1) is 22.0 Å². The molecule has 2 N–H and O–H groups in total. The zero-order valence-electron chi connectivity index (χ0n) is 17.5. The number of rotatable bonds is 11. The van der Waals surface area contributed by atoms with E-state index in [4.69, 9.17) is 0 Å². The Morgan fingerprint density at radius 1 is 1.25 bits per heavy atom. The Bertz CT molecular complexity index is 763. The van der Waals surface area contributed by atoms with Crippen LogP contribution in [0, 0.1) is 0 Å². The van der Waals surface area contributed by atoms with E-state index in [1.807, 2.05) is 30.5 Å². The first-order chi connectivity index (χ1) is 13.5. The summed E-state index contributed by atoms with van der Waals surface area (Å²) in [6.07, 6.45) is 5.20. The lowest BCUT2D eigenvalue weighted by Crippen LogP contribution is -3.06. The number of benzene rings is 1. The second-order valence-electron chi connectivity index (χ2n) is 6.92. The van der Waals surface area contributed by atoms with Crippen LogP contribution in [0.4, 0.5) is 5.69 Å². The number of carbonyl (C=O) groups excluding carboxylic acids is 1. The van der Waals surface area contributed by atoms with E-state index in [0.717, 1.165) is 47.4 Å². The average molecular weight is 423 g/mol. The maximum absolute atomic E-state index is 12.5. The van der Waals surface area contributed by atoms with E-state index in [9.17, 15) is 4.79 Å². The Morgan fingerprint density at radius 2 is 2.00 bits per heavy atom. The van der Waals surface area contributed by atoms with Gasteiger partial charge < -0.3 is 14.8 Å². The first-order valence-corrected chi connectivity index (χ1v) is 12.0. The second-order valence-corrected chi connectivity index (χ2v) is 8.71. The second kappa shape index (κ2) is 11.5. The summed E-state index contributed by atoms with van der Waals surface area (Å²) in [5.74, 6) is 1.31. The summed E-state index contributed by atoms with van der Waals surface area (Å²) >= 11 is 3.08. The SMILES string of the molecule is CCCCn1c(SCC(=O)Nc2ccccc2SC)nnc1[C@@H](CC)[NH+](C)C. The lowest BCUT2D eigenvalue weighted by atomic mass is 10.2. The van der Waals surface area contributed by atoms with Gasteiger partial charge in [-0.05, 0) is 24.8 Å². The van der Waals surface area contributed by atoms with Crippen molar-refractivity contribution in [1.82, 2.24) is 14.8 Å². The smallest absolute Gasteiger partial charge is 0.234 e. The molecule has 0 aliphatic carbocycles. The van der Waals surface area contributed by atoms with Crippen LogP contribution in [0.2, 0.25) is 0 Å². The molecule has 0 spiro atoms. The number of hydrogen-bond acceptors (Lipinski definition) is 5. The number of carbonyl (C=O) groups is 1. The van der Waals surface area contributed by atoms with Gasteiger partial charge in [0.2, 0.25) is 5.91 Å². The van der Waals surface area contributed by atoms with Crippen molar-refractivity contribution in [3.8, 4) is 0 Å². The molecule has 6 nitrogen and oxygen atoms in total. The minimum atomic E-state index is -0.0247. The Morgan fingerprint density at radius 3 is 2.64 bits per heavy atom. The van der Waals surface area contributed by atoms with Gasteiger partial charge >= 0.3 is 0 Å². The lowest BCUT2D eigenvalue weighted by molar-refractivity contribution is -0.893. The molecule has 1 aromatic carbocycles. The molecule has 0 saturated carbocycles. The molecule has 2 aromatic rings. The standard InChI is InChI=1S/C20H31N5OS2/c1-6-8-13-25-19(16(7-2)24(3)4)22-23-20(25)28-14-18(26)21-15-11-9-10-12-17(15)27-5/h9-12,16H,6-8,13-14H2,1-5H3,(H,21,26)/p+1/t16-/m1/s1. The predicted octanol–water partition coefficient (Wildman–Crippen LogP) is 3.13. The van der Waals surface area contributed by atoms with Crippen molar-refractivity contribution < 1.29 is 9.69 Å². The molecule has 0 radical (unpaired) electrons.